The Kier molecular flexibility index (Phi) is 7.00. The Morgan fingerprint density at radius 2 is 1.92 bits per heavy atom. The van der Waals surface area contributed by atoms with E-state index in [2.05, 4.69) is 0 Å². The highest BCUT2D eigenvalue weighted by atomic mass is 19.1. The van der Waals surface area contributed by atoms with Crippen LogP contribution in [0.3, 0.4) is 0 Å². The number of halogens is 1. The molecule has 0 saturated heterocycles. The minimum absolute atomic E-state index is 0.0130. The summed E-state index contributed by atoms with van der Waals surface area (Å²) in [6, 6.07) is 3.70. The molecule has 1 aromatic carbocycles. The van der Waals surface area contributed by atoms with E-state index in [4.69, 9.17) is 18.6 Å². The van der Waals surface area contributed by atoms with Crippen LogP contribution in [0.25, 0.3) is 11.0 Å². The molecule has 0 spiro atoms. The summed E-state index contributed by atoms with van der Waals surface area (Å²) in [5.74, 6) is -0.650. The van der Waals surface area contributed by atoms with E-state index in [0.717, 1.165) is 6.42 Å². The number of esters is 1. The molecule has 0 aliphatic carbocycles. The molecule has 142 valence electrons. The summed E-state index contributed by atoms with van der Waals surface area (Å²) in [5, 5.41) is 0.353. The van der Waals surface area contributed by atoms with Gasteiger partial charge in [0.2, 0.25) is 0 Å². The third kappa shape index (κ3) is 4.97. The third-order valence-corrected chi connectivity index (χ3v) is 4.03. The van der Waals surface area contributed by atoms with Gasteiger partial charge in [-0.2, -0.15) is 0 Å². The maximum Gasteiger partial charge on any atom is 0.339 e. The standard InChI is InChI=1S/C19H23FO6/c1-4-12(2)19(22)25-8-6-5-7-24-15-11-18(21)26-16-10-17(23-3)14(20)9-13(15)16/h9-12H,4-8H2,1-3H3. The Morgan fingerprint density at radius 3 is 2.62 bits per heavy atom. The molecule has 1 unspecified atom stereocenters. The van der Waals surface area contributed by atoms with Gasteiger partial charge in [-0.25, -0.2) is 9.18 Å². The molecule has 26 heavy (non-hydrogen) atoms. The molecule has 0 N–H and O–H groups in total. The molecular formula is C19H23FO6. The van der Waals surface area contributed by atoms with Crippen LogP contribution in [0.5, 0.6) is 11.5 Å². The van der Waals surface area contributed by atoms with Gasteiger partial charge in [-0.05, 0) is 25.3 Å². The zero-order valence-electron chi connectivity index (χ0n) is 15.2. The van der Waals surface area contributed by atoms with E-state index in [-0.39, 0.29) is 29.0 Å². The molecule has 0 aliphatic heterocycles. The number of ether oxygens (including phenoxy) is 3. The number of benzene rings is 1. The van der Waals surface area contributed by atoms with Crippen molar-refractivity contribution >= 4 is 16.9 Å². The second kappa shape index (κ2) is 9.22. The average molecular weight is 366 g/mol. The fraction of sp³-hybridized carbons (Fsp3) is 0.474. The number of unbranched alkanes of at least 4 members (excludes halogenated alkanes) is 1. The fourth-order valence-corrected chi connectivity index (χ4v) is 2.28. The molecule has 0 bridgehead atoms. The predicted octanol–water partition coefficient (Wildman–Crippen LogP) is 3.69. The second-order valence-corrected chi connectivity index (χ2v) is 5.94. The SMILES string of the molecule is CCC(C)C(=O)OCCCCOc1cc(=O)oc2cc(OC)c(F)cc12. The van der Waals surface area contributed by atoms with Crippen molar-refractivity contribution in [2.45, 2.75) is 33.1 Å². The largest absolute Gasteiger partial charge is 0.494 e. The van der Waals surface area contributed by atoms with Crippen LogP contribution in [-0.2, 0) is 9.53 Å². The van der Waals surface area contributed by atoms with E-state index < -0.39 is 11.4 Å². The molecule has 1 atom stereocenters. The van der Waals surface area contributed by atoms with Crippen LogP contribution in [0.1, 0.15) is 33.1 Å². The van der Waals surface area contributed by atoms with Crippen LogP contribution in [0.15, 0.2) is 27.4 Å². The quantitative estimate of drug-likeness (QED) is 0.383. The molecule has 0 saturated carbocycles. The van der Waals surface area contributed by atoms with Crippen molar-refractivity contribution in [3.05, 3.63) is 34.4 Å². The first kappa shape index (κ1) is 19.8. The molecule has 0 aliphatic rings. The van der Waals surface area contributed by atoms with Crippen molar-refractivity contribution < 1.29 is 27.8 Å². The highest BCUT2D eigenvalue weighted by Crippen LogP contribution is 2.29. The van der Waals surface area contributed by atoms with Crippen LogP contribution >= 0.6 is 0 Å². The van der Waals surface area contributed by atoms with E-state index in [0.29, 0.717) is 31.4 Å². The molecule has 7 heteroatoms. The minimum Gasteiger partial charge on any atom is -0.494 e. The van der Waals surface area contributed by atoms with Gasteiger partial charge < -0.3 is 18.6 Å². The lowest BCUT2D eigenvalue weighted by molar-refractivity contribution is -0.148. The Balaban J connectivity index is 1.93. The predicted molar refractivity (Wildman–Crippen MR) is 94.1 cm³/mol. The van der Waals surface area contributed by atoms with Gasteiger partial charge in [0, 0.05) is 6.07 Å². The lowest BCUT2D eigenvalue weighted by Crippen LogP contribution is -2.15. The van der Waals surface area contributed by atoms with E-state index in [1.165, 1.54) is 25.3 Å². The maximum atomic E-state index is 13.9. The molecular weight excluding hydrogens is 343 g/mol. The van der Waals surface area contributed by atoms with Crippen molar-refractivity contribution in [1.82, 2.24) is 0 Å². The Labute approximate surface area is 150 Å². The summed E-state index contributed by atoms with van der Waals surface area (Å²) in [7, 11) is 1.33. The molecule has 6 nitrogen and oxygen atoms in total. The normalized spacial score (nSPS) is 12.0. The van der Waals surface area contributed by atoms with E-state index in [1.54, 1.807) is 0 Å². The zero-order valence-corrected chi connectivity index (χ0v) is 15.2. The highest BCUT2D eigenvalue weighted by molar-refractivity contribution is 5.84. The zero-order chi connectivity index (χ0) is 19.1. The second-order valence-electron chi connectivity index (χ2n) is 5.94. The Bertz CT molecular complexity index is 814. The van der Waals surface area contributed by atoms with E-state index in [1.807, 2.05) is 13.8 Å². The summed E-state index contributed by atoms with van der Waals surface area (Å²) in [6.07, 6.45) is 1.99. The van der Waals surface area contributed by atoms with Gasteiger partial charge in [-0.15, -0.1) is 0 Å². The number of carbonyl (C=O) groups is 1. The smallest absolute Gasteiger partial charge is 0.339 e. The van der Waals surface area contributed by atoms with Crippen LogP contribution < -0.4 is 15.1 Å². The van der Waals surface area contributed by atoms with Gasteiger partial charge in [0.15, 0.2) is 11.6 Å². The van der Waals surface area contributed by atoms with Crippen molar-refractivity contribution in [1.29, 1.82) is 0 Å². The van der Waals surface area contributed by atoms with Crippen molar-refractivity contribution in [2.24, 2.45) is 5.92 Å². The van der Waals surface area contributed by atoms with Gasteiger partial charge in [0.25, 0.3) is 0 Å². The number of rotatable bonds is 9. The Hall–Kier alpha value is -2.57. The molecule has 1 aromatic heterocycles. The topological polar surface area (TPSA) is 75.0 Å². The number of carbonyl (C=O) groups excluding carboxylic acids is 1. The minimum atomic E-state index is -0.594. The fourth-order valence-electron chi connectivity index (χ4n) is 2.28. The van der Waals surface area contributed by atoms with Gasteiger partial charge in [-0.3, -0.25) is 4.79 Å². The molecule has 0 fully saturated rings. The molecule has 2 aromatic rings. The first-order valence-electron chi connectivity index (χ1n) is 8.57. The van der Waals surface area contributed by atoms with Gasteiger partial charge >= 0.3 is 11.6 Å². The van der Waals surface area contributed by atoms with Crippen molar-refractivity contribution in [3.63, 3.8) is 0 Å². The van der Waals surface area contributed by atoms with E-state index >= 15 is 0 Å². The third-order valence-electron chi connectivity index (χ3n) is 4.03. The first-order valence-corrected chi connectivity index (χ1v) is 8.57. The highest BCUT2D eigenvalue weighted by Gasteiger charge is 2.13. The van der Waals surface area contributed by atoms with Crippen LogP contribution in [0, 0.1) is 11.7 Å². The van der Waals surface area contributed by atoms with Crippen LogP contribution in [0.4, 0.5) is 4.39 Å². The van der Waals surface area contributed by atoms with Gasteiger partial charge in [0.1, 0.15) is 11.3 Å². The van der Waals surface area contributed by atoms with Crippen molar-refractivity contribution in [2.75, 3.05) is 20.3 Å². The summed E-state index contributed by atoms with van der Waals surface area (Å²) in [6.45, 7) is 4.37. The van der Waals surface area contributed by atoms with Gasteiger partial charge in [-0.1, -0.05) is 13.8 Å². The summed E-state index contributed by atoms with van der Waals surface area (Å²) in [4.78, 5) is 23.2. The number of methoxy groups -OCH3 is 1. The molecule has 0 radical (unpaired) electrons. The summed E-state index contributed by atoms with van der Waals surface area (Å²) >= 11 is 0. The number of fused-ring (bicyclic) bond motifs is 1. The monoisotopic (exact) mass is 366 g/mol. The molecule has 1 heterocycles. The lowest BCUT2D eigenvalue weighted by atomic mass is 10.1. The summed E-state index contributed by atoms with van der Waals surface area (Å²) < 4.78 is 34.6. The van der Waals surface area contributed by atoms with Crippen LogP contribution in [0.2, 0.25) is 0 Å². The van der Waals surface area contributed by atoms with Crippen LogP contribution in [-0.4, -0.2) is 26.3 Å². The molecule has 2 rings (SSSR count). The number of hydrogen-bond acceptors (Lipinski definition) is 6. The van der Waals surface area contributed by atoms with Crippen molar-refractivity contribution in [3.8, 4) is 11.5 Å². The maximum absolute atomic E-state index is 13.9. The summed E-state index contributed by atoms with van der Waals surface area (Å²) in [5.41, 5.74) is -0.406. The molecule has 0 amide bonds. The lowest BCUT2D eigenvalue weighted by Gasteiger charge is -2.11. The van der Waals surface area contributed by atoms with E-state index in [9.17, 15) is 14.0 Å². The number of hydrogen-bond donors (Lipinski definition) is 0. The first-order chi connectivity index (χ1) is 12.5. The Morgan fingerprint density at radius 1 is 1.19 bits per heavy atom. The van der Waals surface area contributed by atoms with Gasteiger partial charge in [0.05, 0.1) is 37.7 Å². The average Bonchev–Trinajstić information content (AvgIpc) is 2.63.